The zero-order valence-corrected chi connectivity index (χ0v) is 9.28. The molecular formula is C9H16N2O5. The average Bonchev–Trinajstić information content (AvgIpc) is 2.15. The minimum atomic E-state index is -0.984. The number of aliphatic carboxylic acids is 1. The summed E-state index contributed by atoms with van der Waals surface area (Å²) in [6.07, 6.45) is -0.0678. The first-order valence-corrected chi connectivity index (χ1v) is 4.78. The molecule has 92 valence electrons. The number of amides is 2. The second-order valence-corrected chi connectivity index (χ2v) is 3.23. The third kappa shape index (κ3) is 7.60. The maximum absolute atomic E-state index is 11.1. The maximum atomic E-state index is 11.1. The van der Waals surface area contributed by atoms with Gasteiger partial charge in [0.25, 0.3) is 0 Å². The van der Waals surface area contributed by atoms with Crippen LogP contribution in [0, 0.1) is 0 Å². The third-order valence-electron chi connectivity index (χ3n) is 1.70. The van der Waals surface area contributed by atoms with E-state index in [-0.39, 0.29) is 19.4 Å². The van der Waals surface area contributed by atoms with Crippen molar-refractivity contribution in [1.29, 1.82) is 0 Å². The molecule has 16 heavy (non-hydrogen) atoms. The summed E-state index contributed by atoms with van der Waals surface area (Å²) < 4.78 is 4.38. The number of hydrogen-bond donors (Lipinski definition) is 3. The average molecular weight is 232 g/mol. The topological polar surface area (TPSA) is 105 Å². The van der Waals surface area contributed by atoms with E-state index in [9.17, 15) is 14.4 Å². The Morgan fingerprint density at radius 1 is 1.38 bits per heavy atom. The minimum Gasteiger partial charge on any atom is -0.481 e. The second-order valence-electron chi connectivity index (χ2n) is 3.23. The molecule has 0 bridgehead atoms. The molecule has 2 amide bonds. The van der Waals surface area contributed by atoms with Gasteiger partial charge in [-0.1, -0.05) is 0 Å². The first kappa shape index (κ1) is 14.2. The van der Waals surface area contributed by atoms with Crippen LogP contribution in [0.15, 0.2) is 0 Å². The van der Waals surface area contributed by atoms with Crippen LogP contribution in [0.1, 0.15) is 19.8 Å². The van der Waals surface area contributed by atoms with Crippen molar-refractivity contribution in [2.75, 3.05) is 13.7 Å². The van der Waals surface area contributed by atoms with Gasteiger partial charge in [0.15, 0.2) is 0 Å². The molecule has 0 rings (SSSR count). The zero-order chi connectivity index (χ0) is 12.6. The first-order chi connectivity index (χ1) is 7.45. The monoisotopic (exact) mass is 232 g/mol. The molecule has 0 saturated heterocycles. The largest absolute Gasteiger partial charge is 0.481 e. The van der Waals surface area contributed by atoms with Gasteiger partial charge in [-0.05, 0) is 6.92 Å². The molecule has 0 spiro atoms. The van der Waals surface area contributed by atoms with Gasteiger partial charge < -0.3 is 20.5 Å². The highest BCUT2D eigenvalue weighted by Crippen LogP contribution is 1.89. The summed E-state index contributed by atoms with van der Waals surface area (Å²) in [5.74, 6) is -1.40. The molecule has 0 radical (unpaired) electrons. The lowest BCUT2D eigenvalue weighted by Gasteiger charge is -2.12. The van der Waals surface area contributed by atoms with Gasteiger partial charge >= 0.3 is 18.0 Å². The van der Waals surface area contributed by atoms with E-state index in [1.165, 1.54) is 7.11 Å². The molecule has 7 nitrogen and oxygen atoms in total. The summed E-state index contributed by atoms with van der Waals surface area (Å²) in [7, 11) is 1.26. The Kier molecular flexibility index (Phi) is 6.66. The van der Waals surface area contributed by atoms with Crippen LogP contribution in [0.4, 0.5) is 4.79 Å². The van der Waals surface area contributed by atoms with Crippen molar-refractivity contribution < 1.29 is 24.2 Å². The van der Waals surface area contributed by atoms with E-state index in [1.807, 2.05) is 0 Å². The number of urea groups is 1. The number of hydrogen-bond acceptors (Lipinski definition) is 4. The molecule has 0 fully saturated rings. The summed E-state index contributed by atoms with van der Waals surface area (Å²) in [5, 5.41) is 13.3. The van der Waals surface area contributed by atoms with Gasteiger partial charge in [-0.2, -0.15) is 0 Å². The smallest absolute Gasteiger partial charge is 0.315 e. The van der Waals surface area contributed by atoms with Gasteiger partial charge in [0, 0.05) is 12.6 Å². The summed E-state index contributed by atoms with van der Waals surface area (Å²) in [4.78, 5) is 32.1. The third-order valence-corrected chi connectivity index (χ3v) is 1.70. The number of carboxylic acid groups (broad SMARTS) is 1. The van der Waals surface area contributed by atoms with E-state index >= 15 is 0 Å². The van der Waals surface area contributed by atoms with E-state index in [1.54, 1.807) is 6.92 Å². The van der Waals surface area contributed by atoms with Crippen LogP contribution in [0.2, 0.25) is 0 Å². The number of carboxylic acids is 1. The molecule has 1 atom stereocenters. The summed E-state index contributed by atoms with van der Waals surface area (Å²) in [6, 6.07) is -0.965. The normalized spacial score (nSPS) is 11.4. The fraction of sp³-hybridized carbons (Fsp3) is 0.667. The number of ether oxygens (including phenoxy) is 1. The molecule has 0 aliphatic carbocycles. The highest BCUT2D eigenvalue weighted by molar-refractivity contribution is 5.76. The SMILES string of the molecule is COC(=O)CCNC(=O)NC(C)CC(=O)O. The van der Waals surface area contributed by atoms with E-state index in [0.29, 0.717) is 0 Å². The van der Waals surface area contributed by atoms with Crippen molar-refractivity contribution in [2.24, 2.45) is 0 Å². The number of carbonyl (C=O) groups is 3. The lowest BCUT2D eigenvalue weighted by molar-refractivity contribution is -0.140. The van der Waals surface area contributed by atoms with Crippen molar-refractivity contribution in [3.8, 4) is 0 Å². The number of rotatable bonds is 6. The van der Waals surface area contributed by atoms with Crippen LogP contribution in [0.25, 0.3) is 0 Å². The van der Waals surface area contributed by atoms with Gasteiger partial charge in [-0.25, -0.2) is 4.79 Å². The molecule has 0 aromatic carbocycles. The second kappa shape index (κ2) is 7.49. The Hall–Kier alpha value is -1.79. The van der Waals surface area contributed by atoms with Crippen LogP contribution >= 0.6 is 0 Å². The molecule has 0 saturated carbocycles. The molecule has 1 unspecified atom stereocenters. The highest BCUT2D eigenvalue weighted by atomic mass is 16.5. The van der Waals surface area contributed by atoms with E-state index in [4.69, 9.17) is 5.11 Å². The van der Waals surface area contributed by atoms with Crippen molar-refractivity contribution in [2.45, 2.75) is 25.8 Å². The van der Waals surface area contributed by atoms with Crippen molar-refractivity contribution in [3.05, 3.63) is 0 Å². The van der Waals surface area contributed by atoms with Crippen LogP contribution in [-0.2, 0) is 14.3 Å². The number of nitrogens with one attached hydrogen (secondary N) is 2. The van der Waals surface area contributed by atoms with Gasteiger partial charge in [-0.3, -0.25) is 9.59 Å². The molecule has 3 N–H and O–H groups in total. The van der Waals surface area contributed by atoms with Crippen molar-refractivity contribution >= 4 is 18.0 Å². The van der Waals surface area contributed by atoms with E-state index in [2.05, 4.69) is 15.4 Å². The number of esters is 1. The molecule has 7 heteroatoms. The van der Waals surface area contributed by atoms with Crippen LogP contribution in [-0.4, -0.2) is 42.8 Å². The van der Waals surface area contributed by atoms with E-state index in [0.717, 1.165) is 0 Å². The van der Waals surface area contributed by atoms with Crippen molar-refractivity contribution in [1.82, 2.24) is 10.6 Å². The Bertz CT molecular complexity index is 267. The fourth-order valence-electron chi connectivity index (χ4n) is 0.968. The number of carbonyl (C=O) groups excluding carboxylic acids is 2. The van der Waals surface area contributed by atoms with Gasteiger partial charge in [0.2, 0.25) is 0 Å². The molecule has 0 aliphatic rings. The van der Waals surface area contributed by atoms with Gasteiger partial charge in [0.1, 0.15) is 0 Å². The van der Waals surface area contributed by atoms with E-state index < -0.39 is 24.0 Å². The lowest BCUT2D eigenvalue weighted by Crippen LogP contribution is -2.42. The molecule has 0 aliphatic heterocycles. The van der Waals surface area contributed by atoms with Crippen molar-refractivity contribution in [3.63, 3.8) is 0 Å². The molecule has 0 aromatic heterocycles. The number of methoxy groups -OCH3 is 1. The predicted molar refractivity (Wildman–Crippen MR) is 54.9 cm³/mol. The highest BCUT2D eigenvalue weighted by Gasteiger charge is 2.10. The first-order valence-electron chi connectivity index (χ1n) is 4.78. The van der Waals surface area contributed by atoms with Crippen LogP contribution in [0.3, 0.4) is 0 Å². The summed E-state index contributed by atoms with van der Waals surface area (Å²) in [5.41, 5.74) is 0. The van der Waals surface area contributed by atoms with Crippen LogP contribution in [0.5, 0.6) is 0 Å². The lowest BCUT2D eigenvalue weighted by atomic mass is 10.2. The Morgan fingerprint density at radius 3 is 2.50 bits per heavy atom. The Balaban J connectivity index is 3.66. The predicted octanol–water partition coefficient (Wildman–Crippen LogP) is -0.288. The summed E-state index contributed by atoms with van der Waals surface area (Å²) in [6.45, 7) is 1.73. The molecular weight excluding hydrogens is 216 g/mol. The quantitative estimate of drug-likeness (QED) is 0.546. The fourth-order valence-corrected chi connectivity index (χ4v) is 0.968. The minimum absolute atomic E-state index is 0.0806. The maximum Gasteiger partial charge on any atom is 0.315 e. The van der Waals surface area contributed by atoms with Gasteiger partial charge in [0.05, 0.1) is 20.0 Å². The molecule has 0 aromatic rings. The van der Waals surface area contributed by atoms with Gasteiger partial charge in [-0.15, -0.1) is 0 Å². The standard InChI is InChI=1S/C9H16N2O5/c1-6(5-7(12)13)11-9(15)10-4-3-8(14)16-2/h6H,3-5H2,1-2H3,(H,12,13)(H2,10,11,15). The molecule has 0 heterocycles. The summed E-state index contributed by atoms with van der Waals surface area (Å²) >= 11 is 0. The van der Waals surface area contributed by atoms with Crippen LogP contribution < -0.4 is 10.6 Å². The Labute approximate surface area is 93.2 Å². The zero-order valence-electron chi connectivity index (χ0n) is 9.28. The Morgan fingerprint density at radius 2 is 2.00 bits per heavy atom.